The molecule has 1 fully saturated rings. The van der Waals surface area contributed by atoms with Crippen LogP contribution in [0, 0.1) is 10.1 Å². The van der Waals surface area contributed by atoms with Crippen LogP contribution in [0.4, 0.5) is 11.5 Å². The molecule has 2 aromatic carbocycles. The number of nitro groups is 1. The molecule has 3 aromatic rings. The molecular weight excluding hydrogens is 490 g/mol. The van der Waals surface area contributed by atoms with Crippen LogP contribution in [0.2, 0.25) is 5.02 Å². The van der Waals surface area contributed by atoms with E-state index in [1.807, 2.05) is 17.0 Å². The number of amides is 1. The molecule has 0 unspecified atom stereocenters. The predicted octanol–water partition coefficient (Wildman–Crippen LogP) is 3.69. The molecule has 1 aliphatic rings. The lowest BCUT2D eigenvalue weighted by Gasteiger charge is -2.35. The van der Waals surface area contributed by atoms with Crippen molar-refractivity contribution in [3.63, 3.8) is 0 Å². The number of aromatic nitrogens is 2. The molecule has 0 saturated carbocycles. The van der Waals surface area contributed by atoms with Gasteiger partial charge < -0.3 is 24.0 Å². The minimum absolute atomic E-state index is 0.119. The average Bonchev–Trinajstić information content (AvgIpc) is 2.92. The third-order valence-electron chi connectivity index (χ3n) is 5.89. The van der Waals surface area contributed by atoms with Crippen molar-refractivity contribution in [2.75, 3.05) is 52.4 Å². The summed E-state index contributed by atoms with van der Waals surface area (Å²) in [4.78, 5) is 27.1. The number of hydrogen-bond acceptors (Lipinski definition) is 9. The van der Waals surface area contributed by atoms with E-state index in [1.54, 1.807) is 38.4 Å². The van der Waals surface area contributed by atoms with Crippen LogP contribution >= 0.6 is 11.6 Å². The normalized spacial score (nSPS) is 13.3. The highest BCUT2D eigenvalue weighted by atomic mass is 35.5. The summed E-state index contributed by atoms with van der Waals surface area (Å²) in [5.74, 6) is 1.86. The van der Waals surface area contributed by atoms with Crippen molar-refractivity contribution in [2.45, 2.75) is 0 Å². The first-order valence-corrected chi connectivity index (χ1v) is 11.4. The van der Waals surface area contributed by atoms with E-state index in [0.717, 1.165) is 5.56 Å². The summed E-state index contributed by atoms with van der Waals surface area (Å²) >= 11 is 6.14. The van der Waals surface area contributed by atoms with Crippen LogP contribution in [0.25, 0.3) is 11.3 Å². The Bertz CT molecular complexity index is 1250. The maximum Gasteiger partial charge on any atom is 0.270 e. The van der Waals surface area contributed by atoms with Gasteiger partial charge >= 0.3 is 0 Å². The van der Waals surface area contributed by atoms with E-state index in [2.05, 4.69) is 10.2 Å². The lowest BCUT2D eigenvalue weighted by molar-refractivity contribution is -0.384. The van der Waals surface area contributed by atoms with Crippen molar-refractivity contribution in [3.05, 3.63) is 63.2 Å². The number of non-ortho nitro benzene ring substituents is 1. The standard InChI is InChI=1S/C24H24ClN5O6/c1-34-20-12-15(13-21(35-2)23(20)36-3)19-6-7-22(27-26-19)28-8-10-29(11-9-28)24(31)17-14-16(30(32)33)4-5-18(17)25/h4-7,12-14H,8-11H2,1-3H3. The molecule has 0 spiro atoms. The highest BCUT2D eigenvalue weighted by Gasteiger charge is 2.26. The van der Waals surface area contributed by atoms with Gasteiger partial charge in [0.1, 0.15) is 0 Å². The van der Waals surface area contributed by atoms with E-state index in [0.29, 0.717) is 54.9 Å². The maximum absolute atomic E-state index is 12.9. The molecule has 1 amide bonds. The zero-order valence-electron chi connectivity index (χ0n) is 19.9. The number of nitrogens with zero attached hydrogens (tertiary/aromatic N) is 5. The Morgan fingerprint density at radius 2 is 1.61 bits per heavy atom. The summed E-state index contributed by atoms with van der Waals surface area (Å²) < 4.78 is 16.2. The lowest BCUT2D eigenvalue weighted by atomic mass is 10.1. The number of carbonyl (C=O) groups excluding carboxylic acids is 1. The summed E-state index contributed by atoms with van der Waals surface area (Å²) in [6.45, 7) is 1.87. The highest BCUT2D eigenvalue weighted by Crippen LogP contribution is 2.40. The fourth-order valence-electron chi connectivity index (χ4n) is 3.98. The minimum atomic E-state index is -0.550. The number of hydrogen-bond donors (Lipinski definition) is 0. The van der Waals surface area contributed by atoms with Crippen molar-refractivity contribution in [1.29, 1.82) is 0 Å². The summed E-state index contributed by atoms with van der Waals surface area (Å²) in [7, 11) is 4.64. The van der Waals surface area contributed by atoms with Crippen LogP contribution in [-0.4, -0.2) is 73.4 Å². The van der Waals surface area contributed by atoms with Gasteiger partial charge in [0, 0.05) is 43.9 Å². The zero-order valence-corrected chi connectivity index (χ0v) is 20.7. The number of nitro benzene ring substituents is 1. The Kier molecular flexibility index (Phi) is 7.39. The summed E-state index contributed by atoms with van der Waals surface area (Å²) in [5, 5.41) is 20.0. The number of piperazine rings is 1. The Labute approximate surface area is 212 Å². The van der Waals surface area contributed by atoms with Gasteiger partial charge in [0.25, 0.3) is 11.6 Å². The van der Waals surface area contributed by atoms with Gasteiger partial charge in [-0.15, -0.1) is 10.2 Å². The molecule has 2 heterocycles. The predicted molar refractivity (Wildman–Crippen MR) is 133 cm³/mol. The number of anilines is 1. The topological polar surface area (TPSA) is 120 Å². The molecule has 0 radical (unpaired) electrons. The van der Waals surface area contributed by atoms with E-state index in [4.69, 9.17) is 25.8 Å². The van der Waals surface area contributed by atoms with Crippen LogP contribution in [0.3, 0.4) is 0 Å². The van der Waals surface area contributed by atoms with E-state index in [-0.39, 0.29) is 22.2 Å². The Morgan fingerprint density at radius 3 is 2.14 bits per heavy atom. The van der Waals surface area contributed by atoms with Gasteiger partial charge in [0.15, 0.2) is 17.3 Å². The van der Waals surface area contributed by atoms with E-state index in [9.17, 15) is 14.9 Å². The second kappa shape index (κ2) is 10.6. The lowest BCUT2D eigenvalue weighted by Crippen LogP contribution is -2.49. The Balaban J connectivity index is 1.45. The van der Waals surface area contributed by atoms with Crippen molar-refractivity contribution in [3.8, 4) is 28.5 Å². The fraction of sp³-hybridized carbons (Fsp3) is 0.292. The molecule has 0 N–H and O–H groups in total. The van der Waals surface area contributed by atoms with Crippen molar-refractivity contribution in [2.24, 2.45) is 0 Å². The first kappa shape index (κ1) is 25.0. The maximum atomic E-state index is 12.9. The molecule has 0 atom stereocenters. The third kappa shape index (κ3) is 4.96. The smallest absolute Gasteiger partial charge is 0.270 e. The van der Waals surface area contributed by atoms with E-state index >= 15 is 0 Å². The van der Waals surface area contributed by atoms with Crippen molar-refractivity contribution >= 4 is 29.0 Å². The summed E-state index contributed by atoms with van der Waals surface area (Å²) in [5.41, 5.74) is 1.33. The Morgan fingerprint density at radius 1 is 0.944 bits per heavy atom. The van der Waals surface area contributed by atoms with Gasteiger partial charge in [-0.2, -0.15) is 0 Å². The third-order valence-corrected chi connectivity index (χ3v) is 6.22. The average molecular weight is 514 g/mol. The van der Waals surface area contributed by atoms with Crippen LogP contribution in [-0.2, 0) is 0 Å². The zero-order chi connectivity index (χ0) is 25.8. The van der Waals surface area contributed by atoms with Crippen LogP contribution in [0.15, 0.2) is 42.5 Å². The van der Waals surface area contributed by atoms with Gasteiger partial charge in [-0.25, -0.2) is 0 Å². The first-order valence-electron chi connectivity index (χ1n) is 11.0. The SMILES string of the molecule is COc1cc(-c2ccc(N3CCN(C(=O)c4cc([N+](=O)[O-])ccc4Cl)CC3)nn2)cc(OC)c1OC. The first-order chi connectivity index (χ1) is 17.4. The molecular formula is C24H24ClN5O6. The van der Waals surface area contributed by atoms with Gasteiger partial charge in [-0.3, -0.25) is 14.9 Å². The van der Waals surface area contributed by atoms with Gasteiger partial charge in [0.2, 0.25) is 5.75 Å². The summed E-state index contributed by atoms with van der Waals surface area (Å²) in [6, 6.07) is 11.2. The van der Waals surface area contributed by atoms with Crippen molar-refractivity contribution in [1.82, 2.24) is 15.1 Å². The summed E-state index contributed by atoms with van der Waals surface area (Å²) in [6.07, 6.45) is 0. The molecule has 1 aliphatic heterocycles. The number of ether oxygens (including phenoxy) is 3. The molecule has 1 saturated heterocycles. The number of benzene rings is 2. The molecule has 188 valence electrons. The fourth-order valence-corrected chi connectivity index (χ4v) is 4.17. The highest BCUT2D eigenvalue weighted by molar-refractivity contribution is 6.33. The van der Waals surface area contributed by atoms with Crippen molar-refractivity contribution < 1.29 is 23.9 Å². The minimum Gasteiger partial charge on any atom is -0.493 e. The van der Waals surface area contributed by atoms with Crippen LogP contribution in [0.5, 0.6) is 17.2 Å². The molecule has 0 aliphatic carbocycles. The molecule has 4 rings (SSSR count). The second-order valence-corrected chi connectivity index (χ2v) is 8.30. The molecule has 11 nitrogen and oxygen atoms in total. The van der Waals surface area contributed by atoms with Gasteiger partial charge in [-0.05, 0) is 30.3 Å². The number of methoxy groups -OCH3 is 3. The van der Waals surface area contributed by atoms with Gasteiger partial charge in [-0.1, -0.05) is 11.6 Å². The number of halogens is 1. The molecule has 0 bridgehead atoms. The molecule has 1 aromatic heterocycles. The van der Waals surface area contributed by atoms with Gasteiger partial charge in [0.05, 0.1) is 42.5 Å². The second-order valence-electron chi connectivity index (χ2n) is 7.89. The molecule has 12 heteroatoms. The largest absolute Gasteiger partial charge is 0.493 e. The number of rotatable bonds is 7. The number of carbonyl (C=O) groups is 1. The van der Waals surface area contributed by atoms with Crippen LogP contribution < -0.4 is 19.1 Å². The monoisotopic (exact) mass is 513 g/mol. The Hall–Kier alpha value is -4.12. The van der Waals surface area contributed by atoms with Crippen LogP contribution in [0.1, 0.15) is 10.4 Å². The van der Waals surface area contributed by atoms with E-state index < -0.39 is 4.92 Å². The van der Waals surface area contributed by atoms with E-state index in [1.165, 1.54) is 18.2 Å². The molecule has 36 heavy (non-hydrogen) atoms. The quantitative estimate of drug-likeness (QED) is 0.344.